The van der Waals surface area contributed by atoms with Crippen LogP contribution in [-0.2, 0) is 0 Å². The number of thiophene rings is 1. The average molecular weight is 678 g/mol. The van der Waals surface area contributed by atoms with Gasteiger partial charge in [-0.05, 0) is 47.0 Å². The second kappa shape index (κ2) is 11.4. The van der Waals surface area contributed by atoms with E-state index in [1.165, 1.54) is 36.9 Å². The van der Waals surface area contributed by atoms with Crippen molar-refractivity contribution in [2.45, 2.75) is 18.5 Å². The fraction of sp³-hybridized carbons (Fsp3) is 0.0667. The van der Waals surface area contributed by atoms with Gasteiger partial charge >= 0.3 is 0 Å². The van der Waals surface area contributed by atoms with Gasteiger partial charge in [0, 0.05) is 52.8 Å². The number of para-hydroxylation sites is 4. The topological polar surface area (TPSA) is 62.4 Å². The molecule has 1 fully saturated rings. The monoisotopic (exact) mass is 677 g/mol. The molecule has 3 atom stereocenters. The lowest BCUT2D eigenvalue weighted by Gasteiger charge is -2.39. The molecule has 0 spiro atoms. The smallest absolute Gasteiger partial charge is 0.143 e. The first-order valence-corrected chi connectivity index (χ1v) is 18.2. The van der Waals surface area contributed by atoms with Gasteiger partial charge in [0.25, 0.3) is 0 Å². The van der Waals surface area contributed by atoms with Crippen LogP contribution in [0, 0.1) is 0 Å². The van der Waals surface area contributed by atoms with Crippen LogP contribution in [0.15, 0.2) is 160 Å². The van der Waals surface area contributed by atoms with Gasteiger partial charge in [-0.2, -0.15) is 0 Å². The molecule has 0 radical (unpaired) electrons. The molecule has 3 N–H and O–H groups in total. The fourth-order valence-corrected chi connectivity index (χ4v) is 9.17. The van der Waals surface area contributed by atoms with Gasteiger partial charge in [-0.15, -0.1) is 11.3 Å². The second-order valence-corrected chi connectivity index (χ2v) is 14.4. The highest BCUT2D eigenvalue weighted by molar-refractivity contribution is 7.25. The van der Waals surface area contributed by atoms with Gasteiger partial charge in [0.15, 0.2) is 0 Å². The molecule has 1 aliphatic rings. The summed E-state index contributed by atoms with van der Waals surface area (Å²) in [5, 5.41) is 18.7. The van der Waals surface area contributed by atoms with Crippen LogP contribution in [0.25, 0.3) is 75.2 Å². The van der Waals surface area contributed by atoms with E-state index in [0.29, 0.717) is 0 Å². The van der Waals surface area contributed by atoms with Crippen LogP contribution in [0.5, 0.6) is 0 Å². The van der Waals surface area contributed by atoms with Crippen molar-refractivity contribution in [2.24, 2.45) is 0 Å². The molecule has 0 aliphatic carbocycles. The van der Waals surface area contributed by atoms with Crippen molar-refractivity contribution in [2.75, 3.05) is 0 Å². The van der Waals surface area contributed by atoms with Gasteiger partial charge in [0.1, 0.15) is 22.3 Å². The SMILES string of the molecule is c1ccc(C2NC(c3ccc4sc5cccc(-c6cccc7c6oc6ccccc67)c5c4c3)NC(c3cccc4c3oc3ccccc34)N2)cc1. The van der Waals surface area contributed by atoms with Crippen molar-refractivity contribution in [3.8, 4) is 11.1 Å². The van der Waals surface area contributed by atoms with Crippen LogP contribution in [0.4, 0.5) is 0 Å². The van der Waals surface area contributed by atoms with Crippen LogP contribution in [0.1, 0.15) is 35.2 Å². The molecular weight excluding hydrogens is 647 g/mol. The molecule has 0 saturated carbocycles. The van der Waals surface area contributed by atoms with E-state index in [1.54, 1.807) is 0 Å². The molecule has 0 bridgehead atoms. The Kier molecular flexibility index (Phi) is 6.48. The summed E-state index contributed by atoms with van der Waals surface area (Å²) in [6.45, 7) is 0. The van der Waals surface area contributed by atoms with E-state index in [-0.39, 0.29) is 18.5 Å². The minimum absolute atomic E-state index is 0.0988. The van der Waals surface area contributed by atoms with Gasteiger partial charge in [-0.3, -0.25) is 16.0 Å². The molecule has 7 aromatic carbocycles. The van der Waals surface area contributed by atoms with Crippen molar-refractivity contribution in [1.29, 1.82) is 0 Å². The van der Waals surface area contributed by atoms with E-state index in [9.17, 15) is 0 Å². The first kappa shape index (κ1) is 29.0. The Morgan fingerprint density at radius 1 is 0.412 bits per heavy atom. The molecule has 0 amide bonds. The molecule has 10 aromatic rings. The zero-order valence-corrected chi connectivity index (χ0v) is 28.2. The van der Waals surface area contributed by atoms with Crippen molar-refractivity contribution in [1.82, 2.24) is 16.0 Å². The van der Waals surface area contributed by atoms with Crippen molar-refractivity contribution < 1.29 is 8.83 Å². The summed E-state index contributed by atoms with van der Waals surface area (Å²) < 4.78 is 15.6. The molecular formula is C45H31N3O2S. The van der Waals surface area contributed by atoms with Crippen molar-refractivity contribution in [3.63, 3.8) is 0 Å². The van der Waals surface area contributed by atoms with Gasteiger partial charge in [-0.1, -0.05) is 121 Å². The van der Waals surface area contributed by atoms with Crippen molar-refractivity contribution >= 4 is 75.4 Å². The summed E-state index contributed by atoms with van der Waals surface area (Å²) in [4.78, 5) is 0. The zero-order valence-electron chi connectivity index (χ0n) is 27.4. The maximum absolute atomic E-state index is 6.52. The van der Waals surface area contributed by atoms with E-state index in [0.717, 1.165) is 55.0 Å². The van der Waals surface area contributed by atoms with Gasteiger partial charge in [0.05, 0.1) is 18.5 Å². The lowest BCUT2D eigenvalue weighted by Crippen LogP contribution is -2.54. The van der Waals surface area contributed by atoms with Crippen LogP contribution in [-0.4, -0.2) is 0 Å². The van der Waals surface area contributed by atoms with E-state index < -0.39 is 0 Å². The van der Waals surface area contributed by atoms with Crippen molar-refractivity contribution in [3.05, 3.63) is 168 Å². The highest BCUT2D eigenvalue weighted by atomic mass is 32.1. The Labute approximate surface area is 297 Å². The highest BCUT2D eigenvalue weighted by Gasteiger charge is 2.32. The molecule has 244 valence electrons. The predicted molar refractivity (Wildman–Crippen MR) is 210 cm³/mol. The maximum Gasteiger partial charge on any atom is 0.143 e. The van der Waals surface area contributed by atoms with Crippen LogP contribution < -0.4 is 16.0 Å². The number of hydrogen-bond donors (Lipinski definition) is 3. The lowest BCUT2D eigenvalue weighted by molar-refractivity contribution is 0.203. The number of furan rings is 2. The molecule has 4 heterocycles. The third-order valence-corrected chi connectivity index (χ3v) is 11.6. The molecule has 1 saturated heterocycles. The molecule has 5 nitrogen and oxygen atoms in total. The normalized spacial score (nSPS) is 18.2. The Morgan fingerprint density at radius 3 is 1.82 bits per heavy atom. The molecule has 3 aromatic heterocycles. The summed E-state index contributed by atoms with van der Waals surface area (Å²) in [6, 6.07) is 53.7. The van der Waals surface area contributed by atoms with E-state index in [1.807, 2.05) is 29.5 Å². The summed E-state index contributed by atoms with van der Waals surface area (Å²) >= 11 is 1.84. The quantitative estimate of drug-likeness (QED) is 0.173. The van der Waals surface area contributed by atoms with Crippen LogP contribution in [0.2, 0.25) is 0 Å². The standard InChI is InChI=1S/C45H31N3O2S/c1-2-11-26(12-3-1)43-46-44(48-45(47-43)34-19-9-17-32-29-14-5-7-21-37(29)50-42(32)34)27-23-24-38-35(25-27)40-30(15-10-22-39(40)51-38)33-18-8-16-31-28-13-4-6-20-36(28)49-41(31)33/h1-25,43-48H. The number of benzene rings is 7. The zero-order chi connectivity index (χ0) is 33.5. The van der Waals surface area contributed by atoms with Gasteiger partial charge in [0.2, 0.25) is 0 Å². The highest BCUT2D eigenvalue weighted by Crippen LogP contribution is 2.44. The number of nitrogens with one attached hydrogen (secondary N) is 3. The van der Waals surface area contributed by atoms with E-state index in [2.05, 4.69) is 149 Å². The molecule has 11 rings (SSSR count). The maximum atomic E-state index is 6.52. The van der Waals surface area contributed by atoms with Crippen LogP contribution in [0.3, 0.4) is 0 Å². The van der Waals surface area contributed by atoms with Crippen LogP contribution >= 0.6 is 11.3 Å². The molecule has 1 aliphatic heterocycles. The Bertz CT molecular complexity index is 2940. The van der Waals surface area contributed by atoms with Gasteiger partial charge in [-0.25, -0.2) is 0 Å². The first-order chi connectivity index (χ1) is 25.3. The van der Waals surface area contributed by atoms with Gasteiger partial charge < -0.3 is 8.83 Å². The third kappa shape index (κ3) is 4.58. The predicted octanol–water partition coefficient (Wildman–Crippen LogP) is 11.7. The fourth-order valence-electron chi connectivity index (χ4n) is 8.06. The summed E-state index contributed by atoms with van der Waals surface area (Å²) in [7, 11) is 0. The minimum atomic E-state index is -0.179. The second-order valence-electron chi connectivity index (χ2n) is 13.3. The third-order valence-electron chi connectivity index (χ3n) is 10.4. The number of hydrogen-bond acceptors (Lipinski definition) is 6. The summed E-state index contributed by atoms with van der Waals surface area (Å²) in [5.41, 5.74) is 9.36. The minimum Gasteiger partial charge on any atom is -0.456 e. The molecule has 6 heteroatoms. The average Bonchev–Trinajstić information content (AvgIpc) is 3.89. The number of fused-ring (bicyclic) bond motifs is 9. The largest absolute Gasteiger partial charge is 0.456 e. The van der Waals surface area contributed by atoms with E-state index >= 15 is 0 Å². The number of rotatable bonds is 4. The van der Waals surface area contributed by atoms with E-state index in [4.69, 9.17) is 8.83 Å². The summed E-state index contributed by atoms with van der Waals surface area (Å²) in [6.07, 6.45) is -0.425. The molecule has 51 heavy (non-hydrogen) atoms. The Hall–Kier alpha value is -5.76. The first-order valence-electron chi connectivity index (χ1n) is 17.4. The molecule has 3 unspecified atom stereocenters. The lowest BCUT2D eigenvalue weighted by atomic mass is 9.96. The summed E-state index contributed by atoms with van der Waals surface area (Å²) in [5.74, 6) is 0. The Morgan fingerprint density at radius 2 is 1.02 bits per heavy atom. The Balaban J connectivity index is 1.06.